The van der Waals surface area contributed by atoms with Crippen LogP contribution >= 0.6 is 23.4 Å². The molecule has 1 aliphatic rings. The molecular weight excluding hydrogens is 266 g/mol. The van der Waals surface area contributed by atoms with Crippen LogP contribution in [0.1, 0.15) is 24.9 Å². The van der Waals surface area contributed by atoms with E-state index < -0.39 is 0 Å². The molecule has 0 aromatic heterocycles. The molecule has 1 aliphatic heterocycles. The molecule has 2 rings (SSSR count). The molecule has 100 valence electrons. The van der Waals surface area contributed by atoms with Gasteiger partial charge in [-0.25, -0.2) is 0 Å². The Hall–Kier alpha value is -0.220. The first-order chi connectivity index (χ1) is 8.81. The van der Waals surface area contributed by atoms with Gasteiger partial charge in [0.15, 0.2) is 0 Å². The zero-order valence-electron chi connectivity index (χ0n) is 10.7. The van der Waals surface area contributed by atoms with Crippen molar-refractivity contribution in [3.63, 3.8) is 0 Å². The third-order valence-electron chi connectivity index (χ3n) is 3.04. The summed E-state index contributed by atoms with van der Waals surface area (Å²) in [6, 6.07) is 8.34. The van der Waals surface area contributed by atoms with E-state index in [0.717, 1.165) is 36.1 Å². The largest absolute Gasteiger partial charge is 0.375 e. The van der Waals surface area contributed by atoms with Crippen LogP contribution in [0.4, 0.5) is 0 Å². The third-order valence-corrected chi connectivity index (χ3v) is 4.29. The van der Waals surface area contributed by atoms with E-state index in [9.17, 15) is 0 Å². The summed E-state index contributed by atoms with van der Waals surface area (Å²) in [7, 11) is 0. The molecule has 1 heterocycles. The van der Waals surface area contributed by atoms with Crippen molar-refractivity contribution >= 4 is 23.4 Å². The van der Waals surface area contributed by atoms with Crippen LogP contribution in [-0.4, -0.2) is 30.8 Å². The third kappa shape index (κ3) is 3.89. The number of hydrogen-bond donors (Lipinski definition) is 1. The molecule has 0 saturated carbocycles. The Morgan fingerprint density at radius 1 is 1.56 bits per heavy atom. The van der Waals surface area contributed by atoms with Crippen molar-refractivity contribution in [3.05, 3.63) is 34.9 Å². The molecule has 1 fully saturated rings. The SMILES string of the molecule is CCCNC(c1cccc(Cl)c1)C1CSCCO1. The molecule has 0 bridgehead atoms. The average Bonchev–Trinajstić information content (AvgIpc) is 2.40. The van der Waals surface area contributed by atoms with Gasteiger partial charge < -0.3 is 10.1 Å². The van der Waals surface area contributed by atoms with Crippen LogP contribution in [0.3, 0.4) is 0 Å². The highest BCUT2D eigenvalue weighted by Gasteiger charge is 2.25. The standard InChI is InChI=1S/C14H20ClNOS/c1-2-6-16-14(13-10-18-8-7-17-13)11-4-3-5-12(15)9-11/h3-5,9,13-14,16H,2,6-8,10H2,1H3. The number of hydrogen-bond acceptors (Lipinski definition) is 3. The van der Waals surface area contributed by atoms with Gasteiger partial charge in [0.25, 0.3) is 0 Å². The fourth-order valence-electron chi connectivity index (χ4n) is 2.16. The fraction of sp³-hybridized carbons (Fsp3) is 0.571. The number of nitrogens with one attached hydrogen (secondary N) is 1. The monoisotopic (exact) mass is 285 g/mol. The summed E-state index contributed by atoms with van der Waals surface area (Å²) < 4.78 is 5.91. The second-order valence-corrected chi connectivity index (χ2v) is 6.06. The molecule has 0 aliphatic carbocycles. The molecule has 2 unspecified atom stereocenters. The van der Waals surface area contributed by atoms with Gasteiger partial charge in [-0.2, -0.15) is 11.8 Å². The van der Waals surface area contributed by atoms with Crippen LogP contribution in [0.25, 0.3) is 0 Å². The molecule has 18 heavy (non-hydrogen) atoms. The lowest BCUT2D eigenvalue weighted by Gasteiger charge is -2.31. The fourth-order valence-corrected chi connectivity index (χ4v) is 3.26. The van der Waals surface area contributed by atoms with Crippen LogP contribution in [-0.2, 0) is 4.74 Å². The molecule has 4 heteroatoms. The summed E-state index contributed by atoms with van der Waals surface area (Å²) >= 11 is 8.05. The molecule has 0 spiro atoms. The topological polar surface area (TPSA) is 21.3 Å². The van der Waals surface area contributed by atoms with Gasteiger partial charge in [0.1, 0.15) is 0 Å². The first-order valence-corrected chi connectivity index (χ1v) is 8.02. The van der Waals surface area contributed by atoms with Gasteiger partial charge in [0.2, 0.25) is 0 Å². The minimum atomic E-state index is 0.244. The summed E-state index contributed by atoms with van der Waals surface area (Å²) in [5.74, 6) is 2.15. The van der Waals surface area contributed by atoms with Gasteiger partial charge in [-0.3, -0.25) is 0 Å². The van der Waals surface area contributed by atoms with Crippen LogP contribution < -0.4 is 5.32 Å². The van der Waals surface area contributed by atoms with Crippen molar-refractivity contribution in [3.8, 4) is 0 Å². The Morgan fingerprint density at radius 3 is 3.11 bits per heavy atom. The Morgan fingerprint density at radius 2 is 2.44 bits per heavy atom. The maximum absolute atomic E-state index is 6.09. The number of halogens is 1. The summed E-state index contributed by atoms with van der Waals surface area (Å²) in [5, 5.41) is 4.38. The van der Waals surface area contributed by atoms with Crippen LogP contribution in [0, 0.1) is 0 Å². The van der Waals surface area contributed by atoms with Gasteiger partial charge in [-0.1, -0.05) is 30.7 Å². The molecule has 1 aromatic carbocycles. The molecule has 0 amide bonds. The van der Waals surface area contributed by atoms with Crippen LogP contribution in [0.15, 0.2) is 24.3 Å². The molecule has 2 atom stereocenters. The zero-order chi connectivity index (χ0) is 12.8. The second-order valence-electron chi connectivity index (χ2n) is 4.47. The summed E-state index contributed by atoms with van der Waals surface area (Å²) in [6.07, 6.45) is 1.37. The quantitative estimate of drug-likeness (QED) is 0.894. The van der Waals surface area contributed by atoms with Gasteiger partial charge in [0.05, 0.1) is 18.8 Å². The molecule has 1 saturated heterocycles. The Bertz CT molecular complexity index is 369. The van der Waals surface area contributed by atoms with Gasteiger partial charge in [-0.15, -0.1) is 0 Å². The van der Waals surface area contributed by atoms with E-state index >= 15 is 0 Å². The summed E-state index contributed by atoms with van der Waals surface area (Å²) in [6.45, 7) is 4.03. The van der Waals surface area contributed by atoms with E-state index in [1.165, 1.54) is 5.56 Å². The Balaban J connectivity index is 2.12. The minimum absolute atomic E-state index is 0.244. The van der Waals surface area contributed by atoms with E-state index in [0.29, 0.717) is 0 Å². The molecular formula is C14H20ClNOS. The lowest BCUT2D eigenvalue weighted by molar-refractivity contribution is 0.0468. The average molecular weight is 286 g/mol. The van der Waals surface area contributed by atoms with Crippen LogP contribution in [0.2, 0.25) is 5.02 Å². The van der Waals surface area contributed by atoms with E-state index in [-0.39, 0.29) is 12.1 Å². The number of benzene rings is 1. The van der Waals surface area contributed by atoms with Crippen molar-refractivity contribution in [2.45, 2.75) is 25.5 Å². The highest BCUT2D eigenvalue weighted by molar-refractivity contribution is 7.99. The second kappa shape index (κ2) is 7.39. The van der Waals surface area contributed by atoms with Crippen molar-refractivity contribution in [2.75, 3.05) is 24.7 Å². The zero-order valence-corrected chi connectivity index (χ0v) is 12.3. The number of rotatable bonds is 5. The maximum Gasteiger partial charge on any atom is 0.0860 e. The van der Waals surface area contributed by atoms with Crippen molar-refractivity contribution in [1.29, 1.82) is 0 Å². The minimum Gasteiger partial charge on any atom is -0.375 e. The summed E-state index contributed by atoms with van der Waals surface area (Å²) in [4.78, 5) is 0. The number of thioether (sulfide) groups is 1. The summed E-state index contributed by atoms with van der Waals surface area (Å²) in [5.41, 5.74) is 1.23. The van der Waals surface area contributed by atoms with Crippen LogP contribution in [0.5, 0.6) is 0 Å². The smallest absolute Gasteiger partial charge is 0.0860 e. The first-order valence-electron chi connectivity index (χ1n) is 6.49. The van der Waals surface area contributed by atoms with Crippen molar-refractivity contribution in [1.82, 2.24) is 5.32 Å². The molecule has 1 aromatic rings. The van der Waals surface area contributed by atoms with Gasteiger partial charge in [0, 0.05) is 16.5 Å². The van der Waals surface area contributed by atoms with Gasteiger partial charge in [-0.05, 0) is 30.7 Å². The Labute approximate surface area is 118 Å². The molecule has 2 nitrogen and oxygen atoms in total. The lowest BCUT2D eigenvalue weighted by atomic mass is 10.0. The normalized spacial score (nSPS) is 21.8. The van der Waals surface area contributed by atoms with Crippen molar-refractivity contribution in [2.24, 2.45) is 0 Å². The first kappa shape index (κ1) is 14.2. The predicted molar refractivity (Wildman–Crippen MR) is 79.6 cm³/mol. The molecule has 1 N–H and O–H groups in total. The highest BCUT2D eigenvalue weighted by Crippen LogP contribution is 2.27. The van der Waals surface area contributed by atoms with E-state index in [1.807, 2.05) is 30.0 Å². The van der Waals surface area contributed by atoms with Crippen molar-refractivity contribution < 1.29 is 4.74 Å². The molecule has 0 radical (unpaired) electrons. The van der Waals surface area contributed by atoms with Gasteiger partial charge >= 0.3 is 0 Å². The maximum atomic E-state index is 6.09. The highest BCUT2D eigenvalue weighted by atomic mass is 35.5. The van der Waals surface area contributed by atoms with E-state index in [4.69, 9.17) is 16.3 Å². The van der Waals surface area contributed by atoms with E-state index in [2.05, 4.69) is 18.3 Å². The Kier molecular flexibility index (Phi) is 5.83. The number of ether oxygens (including phenoxy) is 1. The lowest BCUT2D eigenvalue weighted by Crippen LogP contribution is -2.38. The predicted octanol–water partition coefficient (Wildman–Crippen LogP) is 3.51. The van der Waals surface area contributed by atoms with E-state index in [1.54, 1.807) is 0 Å².